The van der Waals surface area contributed by atoms with Crippen LogP contribution >= 0.6 is 0 Å². The van der Waals surface area contributed by atoms with Crippen LogP contribution in [0.1, 0.15) is 27.2 Å². The van der Waals surface area contributed by atoms with Gasteiger partial charge in [-0.3, -0.25) is 4.79 Å². The van der Waals surface area contributed by atoms with Crippen molar-refractivity contribution in [3.63, 3.8) is 0 Å². The van der Waals surface area contributed by atoms with Crippen molar-refractivity contribution in [3.05, 3.63) is 0 Å². The van der Waals surface area contributed by atoms with Gasteiger partial charge in [0.25, 0.3) is 0 Å². The third kappa shape index (κ3) is 4.79. The Morgan fingerprint density at radius 1 is 1.55 bits per heavy atom. The summed E-state index contributed by atoms with van der Waals surface area (Å²) in [5.41, 5.74) is 5.52. The molecule has 0 amide bonds. The summed E-state index contributed by atoms with van der Waals surface area (Å²) in [5.74, 6) is -0.222. The van der Waals surface area contributed by atoms with Gasteiger partial charge in [-0.1, -0.05) is 6.92 Å². The fourth-order valence-corrected chi connectivity index (χ4v) is 0.938. The number of carbonyl (C=O) groups excluding carboxylic acids is 1. The monoisotopic (exact) mass is 159 g/mol. The van der Waals surface area contributed by atoms with Gasteiger partial charge >= 0.3 is 5.97 Å². The molecule has 3 nitrogen and oxygen atoms in total. The molecule has 2 atom stereocenters. The van der Waals surface area contributed by atoms with E-state index in [1.807, 2.05) is 13.8 Å². The van der Waals surface area contributed by atoms with E-state index in [1.165, 1.54) is 0 Å². The summed E-state index contributed by atoms with van der Waals surface area (Å²) in [7, 11) is 0. The Balaban J connectivity index is 3.64. The van der Waals surface area contributed by atoms with Crippen LogP contribution in [0.4, 0.5) is 0 Å². The van der Waals surface area contributed by atoms with Crippen LogP contribution in [-0.4, -0.2) is 18.6 Å². The number of nitrogens with two attached hydrogens (primary N) is 1. The minimum absolute atomic E-state index is 0.0643. The third-order valence-electron chi connectivity index (χ3n) is 1.41. The molecule has 0 fully saturated rings. The summed E-state index contributed by atoms with van der Waals surface area (Å²) < 4.78 is 4.81. The maximum Gasteiger partial charge on any atom is 0.308 e. The first kappa shape index (κ1) is 10.4. The second kappa shape index (κ2) is 5.13. The lowest BCUT2D eigenvalue weighted by Gasteiger charge is -2.11. The van der Waals surface area contributed by atoms with E-state index in [0.29, 0.717) is 13.0 Å². The molecule has 2 N–H and O–H groups in total. The van der Waals surface area contributed by atoms with Gasteiger partial charge in [-0.2, -0.15) is 0 Å². The fourth-order valence-electron chi connectivity index (χ4n) is 0.938. The van der Waals surface area contributed by atoms with Crippen LogP contribution in [0.15, 0.2) is 0 Å². The number of ether oxygens (including phenoxy) is 1. The number of carbonyl (C=O) groups is 1. The lowest BCUT2D eigenvalue weighted by molar-refractivity contribution is -0.147. The van der Waals surface area contributed by atoms with Crippen LogP contribution in [0.25, 0.3) is 0 Å². The standard InChI is InChI=1S/C8H17NO2/c1-4-11-8(10)6(2)5-7(3)9/h6-7H,4-5,9H2,1-3H3/t6-,7-/m1/s1. The van der Waals surface area contributed by atoms with Crippen molar-refractivity contribution in [1.29, 1.82) is 0 Å². The van der Waals surface area contributed by atoms with Crippen molar-refractivity contribution in [3.8, 4) is 0 Å². The zero-order chi connectivity index (χ0) is 8.85. The van der Waals surface area contributed by atoms with E-state index in [2.05, 4.69) is 0 Å². The van der Waals surface area contributed by atoms with Crippen molar-refractivity contribution in [1.82, 2.24) is 0 Å². The molecule has 0 rings (SSSR count). The van der Waals surface area contributed by atoms with Crippen LogP contribution < -0.4 is 5.73 Å². The van der Waals surface area contributed by atoms with E-state index in [4.69, 9.17) is 10.5 Å². The molecule has 0 saturated carbocycles. The van der Waals surface area contributed by atoms with Gasteiger partial charge < -0.3 is 10.5 Å². The van der Waals surface area contributed by atoms with Crippen molar-refractivity contribution in [2.75, 3.05) is 6.61 Å². The molecule has 0 aromatic rings. The molecule has 0 unspecified atom stereocenters. The Morgan fingerprint density at radius 3 is 2.45 bits per heavy atom. The molecule has 0 aromatic carbocycles. The summed E-state index contributed by atoms with van der Waals surface area (Å²) in [6.45, 7) is 5.97. The first-order valence-corrected chi connectivity index (χ1v) is 4.00. The number of hydrogen-bond acceptors (Lipinski definition) is 3. The maximum absolute atomic E-state index is 11.0. The highest BCUT2D eigenvalue weighted by atomic mass is 16.5. The molecule has 0 aromatic heterocycles. The van der Waals surface area contributed by atoms with Crippen LogP contribution in [0.3, 0.4) is 0 Å². The lowest BCUT2D eigenvalue weighted by atomic mass is 10.0. The van der Waals surface area contributed by atoms with Gasteiger partial charge in [-0.05, 0) is 20.3 Å². The number of hydrogen-bond donors (Lipinski definition) is 1. The van der Waals surface area contributed by atoms with E-state index in [9.17, 15) is 4.79 Å². The van der Waals surface area contributed by atoms with Crippen LogP contribution in [0.5, 0.6) is 0 Å². The van der Waals surface area contributed by atoms with E-state index in [0.717, 1.165) is 0 Å². The molecule has 0 heterocycles. The summed E-state index contributed by atoms with van der Waals surface area (Å²) in [4.78, 5) is 11.0. The quantitative estimate of drug-likeness (QED) is 0.621. The Bertz CT molecular complexity index is 123. The molecule has 3 heteroatoms. The van der Waals surface area contributed by atoms with Crippen molar-refractivity contribution in [2.24, 2.45) is 11.7 Å². The average Bonchev–Trinajstić information content (AvgIpc) is 1.86. The average molecular weight is 159 g/mol. The zero-order valence-corrected chi connectivity index (χ0v) is 7.46. The highest BCUT2D eigenvalue weighted by molar-refractivity contribution is 5.71. The lowest BCUT2D eigenvalue weighted by Crippen LogP contribution is -2.24. The Labute approximate surface area is 67.9 Å². The van der Waals surface area contributed by atoms with Crippen LogP contribution in [0, 0.1) is 5.92 Å². The Kier molecular flexibility index (Phi) is 4.86. The molecule has 0 radical (unpaired) electrons. The van der Waals surface area contributed by atoms with Gasteiger partial charge in [-0.25, -0.2) is 0 Å². The van der Waals surface area contributed by atoms with E-state index < -0.39 is 0 Å². The van der Waals surface area contributed by atoms with Crippen LogP contribution in [-0.2, 0) is 9.53 Å². The minimum atomic E-state index is -0.148. The number of esters is 1. The summed E-state index contributed by atoms with van der Waals surface area (Å²) >= 11 is 0. The molecule has 0 saturated heterocycles. The fraction of sp³-hybridized carbons (Fsp3) is 0.875. The number of rotatable bonds is 4. The highest BCUT2D eigenvalue weighted by Gasteiger charge is 2.14. The summed E-state index contributed by atoms with van der Waals surface area (Å²) in [6.07, 6.45) is 0.693. The smallest absolute Gasteiger partial charge is 0.308 e. The second-order valence-electron chi connectivity index (χ2n) is 2.87. The van der Waals surface area contributed by atoms with E-state index in [-0.39, 0.29) is 17.9 Å². The third-order valence-corrected chi connectivity index (χ3v) is 1.41. The molecule has 11 heavy (non-hydrogen) atoms. The molecule has 0 aliphatic heterocycles. The molecule has 0 spiro atoms. The predicted octanol–water partition coefficient (Wildman–Crippen LogP) is 0.923. The van der Waals surface area contributed by atoms with E-state index in [1.54, 1.807) is 6.92 Å². The summed E-state index contributed by atoms with van der Waals surface area (Å²) in [5, 5.41) is 0. The molecule has 0 aliphatic rings. The molecule has 66 valence electrons. The zero-order valence-electron chi connectivity index (χ0n) is 7.46. The predicted molar refractivity (Wildman–Crippen MR) is 44.1 cm³/mol. The summed E-state index contributed by atoms with van der Waals surface area (Å²) in [6, 6.07) is 0.0643. The van der Waals surface area contributed by atoms with E-state index >= 15 is 0 Å². The van der Waals surface area contributed by atoms with Gasteiger partial charge in [0.15, 0.2) is 0 Å². The van der Waals surface area contributed by atoms with Gasteiger partial charge in [0.2, 0.25) is 0 Å². The van der Waals surface area contributed by atoms with Gasteiger partial charge in [-0.15, -0.1) is 0 Å². The Morgan fingerprint density at radius 2 is 2.09 bits per heavy atom. The van der Waals surface area contributed by atoms with Crippen molar-refractivity contribution in [2.45, 2.75) is 33.2 Å². The first-order valence-electron chi connectivity index (χ1n) is 4.00. The SMILES string of the molecule is CCOC(=O)[C@H](C)C[C@@H](C)N. The van der Waals surface area contributed by atoms with Gasteiger partial charge in [0, 0.05) is 6.04 Å². The molecule has 0 bridgehead atoms. The Hall–Kier alpha value is -0.570. The van der Waals surface area contributed by atoms with Gasteiger partial charge in [0.1, 0.15) is 0 Å². The maximum atomic E-state index is 11.0. The molecular formula is C8H17NO2. The largest absolute Gasteiger partial charge is 0.466 e. The minimum Gasteiger partial charge on any atom is -0.466 e. The topological polar surface area (TPSA) is 52.3 Å². The van der Waals surface area contributed by atoms with Crippen LogP contribution in [0.2, 0.25) is 0 Å². The first-order chi connectivity index (χ1) is 5.07. The van der Waals surface area contributed by atoms with Crippen molar-refractivity contribution < 1.29 is 9.53 Å². The second-order valence-corrected chi connectivity index (χ2v) is 2.87. The normalized spacial score (nSPS) is 15.6. The molecule has 0 aliphatic carbocycles. The van der Waals surface area contributed by atoms with Gasteiger partial charge in [0.05, 0.1) is 12.5 Å². The van der Waals surface area contributed by atoms with Crippen molar-refractivity contribution >= 4 is 5.97 Å². The molecular weight excluding hydrogens is 142 g/mol. The highest BCUT2D eigenvalue weighted by Crippen LogP contribution is 2.06.